The monoisotopic (exact) mass is 325 g/mol. The summed E-state index contributed by atoms with van der Waals surface area (Å²) >= 11 is 6.18. The lowest BCUT2D eigenvalue weighted by Gasteiger charge is -2.31. The molecular weight excluding hydrogens is 302 g/mol. The van der Waals surface area contributed by atoms with Gasteiger partial charge in [-0.25, -0.2) is 0 Å². The molecule has 0 spiro atoms. The van der Waals surface area contributed by atoms with Gasteiger partial charge < -0.3 is 9.64 Å². The van der Waals surface area contributed by atoms with Crippen molar-refractivity contribution in [2.75, 3.05) is 13.7 Å². The summed E-state index contributed by atoms with van der Waals surface area (Å²) in [6.07, 6.45) is 0. The lowest BCUT2D eigenvalue weighted by molar-refractivity contribution is -0.148. The van der Waals surface area contributed by atoms with Gasteiger partial charge in [0.2, 0.25) is 5.91 Å². The van der Waals surface area contributed by atoms with Gasteiger partial charge in [-0.3, -0.25) is 9.59 Å². The highest BCUT2D eigenvalue weighted by atomic mass is 35.5. The Balaban J connectivity index is 2.99. The van der Waals surface area contributed by atoms with Crippen molar-refractivity contribution >= 4 is 23.5 Å². The van der Waals surface area contributed by atoms with Crippen LogP contribution in [0.5, 0.6) is 0 Å². The molecule has 4 nitrogen and oxygen atoms in total. The Morgan fingerprint density at radius 1 is 1.27 bits per heavy atom. The zero-order valence-corrected chi connectivity index (χ0v) is 14.6. The van der Waals surface area contributed by atoms with E-state index in [2.05, 4.69) is 0 Å². The summed E-state index contributed by atoms with van der Waals surface area (Å²) < 4.78 is 4.75. The fourth-order valence-corrected chi connectivity index (χ4v) is 2.33. The van der Waals surface area contributed by atoms with Crippen LogP contribution in [-0.4, -0.2) is 30.4 Å². The van der Waals surface area contributed by atoms with Gasteiger partial charge >= 0.3 is 5.97 Å². The number of ether oxygens (including phenoxy) is 1. The van der Waals surface area contributed by atoms with Crippen molar-refractivity contribution in [1.29, 1.82) is 0 Å². The highest BCUT2D eigenvalue weighted by Gasteiger charge is 2.30. The highest BCUT2D eigenvalue weighted by molar-refractivity contribution is 6.31. The third kappa shape index (κ3) is 5.02. The van der Waals surface area contributed by atoms with Gasteiger partial charge in [-0.05, 0) is 11.6 Å². The maximum Gasteiger partial charge on any atom is 0.310 e. The Kier molecular flexibility index (Phi) is 6.42. The second-order valence-corrected chi connectivity index (χ2v) is 6.86. The van der Waals surface area contributed by atoms with E-state index in [1.807, 2.05) is 39.0 Å². The van der Waals surface area contributed by atoms with Crippen molar-refractivity contribution in [3.05, 3.63) is 34.9 Å². The summed E-state index contributed by atoms with van der Waals surface area (Å²) in [6, 6.07) is 7.40. The van der Waals surface area contributed by atoms with E-state index in [4.69, 9.17) is 16.3 Å². The van der Waals surface area contributed by atoms with Crippen molar-refractivity contribution in [1.82, 2.24) is 4.90 Å². The lowest BCUT2D eigenvalue weighted by atomic mass is 9.93. The van der Waals surface area contributed by atoms with Crippen LogP contribution >= 0.6 is 11.6 Å². The summed E-state index contributed by atoms with van der Waals surface area (Å²) in [4.78, 5) is 26.0. The molecule has 22 heavy (non-hydrogen) atoms. The summed E-state index contributed by atoms with van der Waals surface area (Å²) in [7, 11) is 1.35. The molecule has 1 atom stereocenters. The SMILES string of the molecule is COC(=O)C(C)CN(Cc1ccccc1Cl)C(=O)C(C)(C)C. The van der Waals surface area contributed by atoms with Gasteiger partial charge in [0.05, 0.1) is 13.0 Å². The van der Waals surface area contributed by atoms with Crippen LogP contribution in [-0.2, 0) is 20.9 Å². The van der Waals surface area contributed by atoms with Crippen molar-refractivity contribution in [2.24, 2.45) is 11.3 Å². The first-order valence-electron chi connectivity index (χ1n) is 7.27. The molecule has 0 aliphatic rings. The van der Waals surface area contributed by atoms with Crippen LogP contribution < -0.4 is 0 Å². The number of esters is 1. The van der Waals surface area contributed by atoms with Gasteiger partial charge in [0.25, 0.3) is 0 Å². The average molecular weight is 326 g/mol. The minimum atomic E-state index is -0.531. The van der Waals surface area contributed by atoms with Gasteiger partial charge in [0.1, 0.15) is 0 Å². The molecule has 0 saturated heterocycles. The van der Waals surface area contributed by atoms with Crippen molar-refractivity contribution in [2.45, 2.75) is 34.2 Å². The largest absolute Gasteiger partial charge is 0.469 e. The van der Waals surface area contributed by atoms with Crippen LogP contribution in [0.1, 0.15) is 33.3 Å². The topological polar surface area (TPSA) is 46.6 Å². The minimum Gasteiger partial charge on any atom is -0.469 e. The molecule has 0 fully saturated rings. The van der Waals surface area contributed by atoms with Crippen LogP contribution in [0.15, 0.2) is 24.3 Å². The molecule has 5 heteroatoms. The van der Waals surface area contributed by atoms with E-state index in [1.165, 1.54) is 7.11 Å². The maximum atomic E-state index is 12.7. The van der Waals surface area contributed by atoms with Gasteiger partial charge in [0, 0.05) is 23.5 Å². The number of carbonyl (C=O) groups is 2. The van der Waals surface area contributed by atoms with E-state index < -0.39 is 11.3 Å². The first kappa shape index (κ1) is 18.5. The molecule has 1 rings (SSSR count). The van der Waals surface area contributed by atoms with E-state index >= 15 is 0 Å². The van der Waals surface area contributed by atoms with Gasteiger partial charge in [-0.15, -0.1) is 0 Å². The van der Waals surface area contributed by atoms with Crippen LogP contribution in [0, 0.1) is 11.3 Å². The Hall–Kier alpha value is -1.55. The first-order valence-corrected chi connectivity index (χ1v) is 7.65. The number of halogens is 1. The lowest BCUT2D eigenvalue weighted by Crippen LogP contribution is -2.42. The van der Waals surface area contributed by atoms with E-state index in [-0.39, 0.29) is 11.9 Å². The molecule has 122 valence electrons. The van der Waals surface area contributed by atoms with Gasteiger partial charge in [-0.2, -0.15) is 0 Å². The fraction of sp³-hybridized carbons (Fsp3) is 0.529. The quantitative estimate of drug-likeness (QED) is 0.778. The minimum absolute atomic E-state index is 0.0248. The molecule has 0 radical (unpaired) electrons. The van der Waals surface area contributed by atoms with Crippen LogP contribution in [0.25, 0.3) is 0 Å². The highest BCUT2D eigenvalue weighted by Crippen LogP contribution is 2.23. The normalized spacial score (nSPS) is 12.6. The van der Waals surface area contributed by atoms with E-state index in [1.54, 1.807) is 17.9 Å². The van der Waals surface area contributed by atoms with E-state index in [0.29, 0.717) is 18.1 Å². The summed E-state index contributed by atoms with van der Waals surface area (Å²) in [5.74, 6) is -0.743. The van der Waals surface area contributed by atoms with Crippen molar-refractivity contribution < 1.29 is 14.3 Å². The number of methoxy groups -OCH3 is 1. The molecular formula is C17H24ClNO3. The molecule has 0 N–H and O–H groups in total. The van der Waals surface area contributed by atoms with Crippen molar-refractivity contribution in [3.63, 3.8) is 0 Å². The predicted octanol–water partition coefficient (Wildman–Crippen LogP) is 3.52. The molecule has 1 amide bonds. The first-order chi connectivity index (χ1) is 10.2. The molecule has 0 saturated carbocycles. The molecule has 0 aliphatic carbocycles. The second-order valence-electron chi connectivity index (χ2n) is 6.45. The number of rotatable bonds is 5. The molecule has 1 unspecified atom stereocenters. The number of benzene rings is 1. The number of carbonyl (C=O) groups excluding carboxylic acids is 2. The number of amides is 1. The molecule has 1 aromatic rings. The third-order valence-electron chi connectivity index (χ3n) is 3.35. The zero-order valence-electron chi connectivity index (χ0n) is 13.9. The third-order valence-corrected chi connectivity index (χ3v) is 3.71. The molecule has 0 aliphatic heterocycles. The Morgan fingerprint density at radius 3 is 2.36 bits per heavy atom. The Morgan fingerprint density at radius 2 is 1.86 bits per heavy atom. The average Bonchev–Trinajstić information content (AvgIpc) is 2.45. The molecule has 1 aromatic carbocycles. The Labute approximate surface area is 137 Å². The maximum absolute atomic E-state index is 12.7. The fourth-order valence-electron chi connectivity index (χ4n) is 2.13. The summed E-state index contributed by atoms with van der Waals surface area (Å²) in [5, 5.41) is 0.611. The molecule has 0 aromatic heterocycles. The number of hydrogen-bond acceptors (Lipinski definition) is 3. The van der Waals surface area contributed by atoms with E-state index in [0.717, 1.165) is 5.56 Å². The standard InChI is InChI=1S/C17H24ClNO3/c1-12(15(20)22-5)10-19(16(21)17(2,3)4)11-13-8-6-7-9-14(13)18/h6-9,12H,10-11H2,1-5H3. The van der Waals surface area contributed by atoms with Crippen LogP contribution in [0.2, 0.25) is 5.02 Å². The molecule has 0 heterocycles. The Bertz CT molecular complexity index is 537. The smallest absolute Gasteiger partial charge is 0.310 e. The van der Waals surface area contributed by atoms with E-state index in [9.17, 15) is 9.59 Å². The second kappa shape index (κ2) is 7.63. The van der Waals surface area contributed by atoms with Gasteiger partial charge in [-0.1, -0.05) is 57.5 Å². The van der Waals surface area contributed by atoms with Crippen LogP contribution in [0.4, 0.5) is 0 Å². The molecule has 0 bridgehead atoms. The van der Waals surface area contributed by atoms with Gasteiger partial charge in [0.15, 0.2) is 0 Å². The predicted molar refractivity (Wildman–Crippen MR) is 87.5 cm³/mol. The van der Waals surface area contributed by atoms with Crippen LogP contribution in [0.3, 0.4) is 0 Å². The zero-order chi connectivity index (χ0) is 16.9. The summed E-state index contributed by atoms with van der Waals surface area (Å²) in [6.45, 7) is 8.00. The number of nitrogens with zero attached hydrogens (tertiary/aromatic N) is 1. The number of hydrogen-bond donors (Lipinski definition) is 0. The summed E-state index contributed by atoms with van der Waals surface area (Å²) in [5.41, 5.74) is 0.329. The van der Waals surface area contributed by atoms with Crippen molar-refractivity contribution in [3.8, 4) is 0 Å².